The second kappa shape index (κ2) is 10.2. The molecule has 0 spiro atoms. The normalized spacial score (nSPS) is 15.1. The standard InChI is InChI=1S/C21H27N3O4S2/c1-28-19-9-5-4-8-18(19)23-12-14-24(15-13-23)30(26,27)16-11-22-21(25)17-7-3-6-10-20(17)29-2/h3-10H,11-16H2,1-2H3,(H,22,25). The lowest BCUT2D eigenvalue weighted by Gasteiger charge is -2.36. The SMILES string of the molecule is COc1ccccc1N1CCN(S(=O)(=O)CCNC(=O)c2ccccc2SC)CC1. The molecule has 3 rings (SSSR count). The van der Waals surface area contributed by atoms with Crippen LogP contribution >= 0.6 is 11.8 Å². The van der Waals surface area contributed by atoms with Gasteiger partial charge in [0.25, 0.3) is 5.91 Å². The molecule has 0 atom stereocenters. The summed E-state index contributed by atoms with van der Waals surface area (Å²) in [6.07, 6.45) is 1.90. The zero-order valence-corrected chi connectivity index (χ0v) is 18.8. The first kappa shape index (κ1) is 22.5. The Morgan fingerprint density at radius 3 is 2.43 bits per heavy atom. The van der Waals surface area contributed by atoms with Gasteiger partial charge in [-0.05, 0) is 30.5 Å². The number of hydrogen-bond donors (Lipinski definition) is 1. The fourth-order valence-corrected chi connectivity index (χ4v) is 5.38. The number of carbonyl (C=O) groups is 1. The molecule has 1 N–H and O–H groups in total. The minimum atomic E-state index is -3.44. The molecule has 1 aliphatic rings. The summed E-state index contributed by atoms with van der Waals surface area (Å²) >= 11 is 1.49. The van der Waals surface area contributed by atoms with Crippen molar-refractivity contribution in [3.05, 3.63) is 54.1 Å². The van der Waals surface area contributed by atoms with Crippen LogP contribution in [0, 0.1) is 0 Å². The van der Waals surface area contributed by atoms with Gasteiger partial charge in [-0.3, -0.25) is 4.79 Å². The van der Waals surface area contributed by atoms with Crippen molar-refractivity contribution in [1.29, 1.82) is 0 Å². The van der Waals surface area contributed by atoms with Gasteiger partial charge in [-0.1, -0.05) is 24.3 Å². The van der Waals surface area contributed by atoms with Crippen LogP contribution in [0.2, 0.25) is 0 Å². The zero-order valence-electron chi connectivity index (χ0n) is 17.2. The number of benzene rings is 2. The zero-order chi connectivity index (χ0) is 21.6. The molecule has 0 unspecified atom stereocenters. The van der Waals surface area contributed by atoms with E-state index in [9.17, 15) is 13.2 Å². The van der Waals surface area contributed by atoms with Crippen LogP contribution in [0.5, 0.6) is 5.75 Å². The third kappa shape index (κ3) is 5.27. The Morgan fingerprint density at radius 2 is 1.73 bits per heavy atom. The molecule has 0 bridgehead atoms. The Morgan fingerprint density at radius 1 is 1.07 bits per heavy atom. The number of hydrogen-bond acceptors (Lipinski definition) is 6. The summed E-state index contributed by atoms with van der Waals surface area (Å²) in [5, 5.41) is 2.73. The maximum atomic E-state index is 12.7. The number of para-hydroxylation sites is 2. The van der Waals surface area contributed by atoms with Gasteiger partial charge < -0.3 is 15.0 Å². The van der Waals surface area contributed by atoms with E-state index in [1.54, 1.807) is 19.2 Å². The van der Waals surface area contributed by atoms with Crippen molar-refractivity contribution in [2.45, 2.75) is 4.90 Å². The second-order valence-electron chi connectivity index (χ2n) is 6.83. The Balaban J connectivity index is 1.53. The first-order valence-corrected chi connectivity index (χ1v) is 12.6. The van der Waals surface area contributed by atoms with Crippen molar-refractivity contribution in [3.8, 4) is 5.75 Å². The van der Waals surface area contributed by atoms with Crippen LogP contribution in [0.4, 0.5) is 5.69 Å². The van der Waals surface area contributed by atoms with Crippen molar-refractivity contribution < 1.29 is 17.9 Å². The van der Waals surface area contributed by atoms with E-state index in [-0.39, 0.29) is 18.2 Å². The molecule has 1 aliphatic heterocycles. The van der Waals surface area contributed by atoms with Gasteiger partial charge in [0.15, 0.2) is 0 Å². The minimum Gasteiger partial charge on any atom is -0.495 e. The van der Waals surface area contributed by atoms with Gasteiger partial charge in [0.1, 0.15) is 5.75 Å². The summed E-state index contributed by atoms with van der Waals surface area (Å²) in [4.78, 5) is 15.4. The first-order valence-electron chi connectivity index (χ1n) is 9.73. The van der Waals surface area contributed by atoms with Gasteiger partial charge in [-0.25, -0.2) is 8.42 Å². The number of piperazine rings is 1. The summed E-state index contributed by atoms with van der Waals surface area (Å²) in [5.41, 5.74) is 1.53. The second-order valence-corrected chi connectivity index (χ2v) is 9.77. The summed E-state index contributed by atoms with van der Waals surface area (Å²) in [7, 11) is -1.81. The molecule has 162 valence electrons. The van der Waals surface area contributed by atoms with Crippen molar-refractivity contribution >= 4 is 33.4 Å². The molecule has 0 aliphatic carbocycles. The van der Waals surface area contributed by atoms with E-state index in [0.717, 1.165) is 16.3 Å². The van der Waals surface area contributed by atoms with Gasteiger partial charge in [0.05, 0.1) is 24.1 Å². The van der Waals surface area contributed by atoms with Crippen LogP contribution in [-0.4, -0.2) is 70.5 Å². The maximum Gasteiger partial charge on any atom is 0.252 e. The smallest absolute Gasteiger partial charge is 0.252 e. The molecule has 0 radical (unpaired) electrons. The molecule has 2 aromatic rings. The molecule has 1 amide bonds. The van der Waals surface area contributed by atoms with E-state index < -0.39 is 10.0 Å². The van der Waals surface area contributed by atoms with E-state index in [0.29, 0.717) is 31.7 Å². The highest BCUT2D eigenvalue weighted by Gasteiger charge is 2.27. The lowest BCUT2D eigenvalue weighted by atomic mass is 10.2. The Labute approximate surface area is 182 Å². The monoisotopic (exact) mass is 449 g/mol. The van der Waals surface area contributed by atoms with Gasteiger partial charge in [-0.15, -0.1) is 11.8 Å². The molecule has 2 aromatic carbocycles. The fourth-order valence-electron chi connectivity index (χ4n) is 3.45. The topological polar surface area (TPSA) is 79.0 Å². The number of carbonyl (C=O) groups excluding carboxylic acids is 1. The van der Waals surface area contributed by atoms with Gasteiger partial charge in [0.2, 0.25) is 10.0 Å². The van der Waals surface area contributed by atoms with E-state index in [4.69, 9.17) is 4.74 Å². The summed E-state index contributed by atoms with van der Waals surface area (Å²) < 4.78 is 32.3. The molecule has 0 saturated carbocycles. The Kier molecular flexibility index (Phi) is 7.63. The first-order chi connectivity index (χ1) is 14.5. The van der Waals surface area contributed by atoms with Crippen molar-refractivity contribution in [2.24, 2.45) is 0 Å². The van der Waals surface area contributed by atoms with Crippen molar-refractivity contribution in [3.63, 3.8) is 0 Å². The average molecular weight is 450 g/mol. The summed E-state index contributed by atoms with van der Waals surface area (Å²) in [5.74, 6) is 0.410. The molecule has 9 heteroatoms. The van der Waals surface area contributed by atoms with Gasteiger partial charge in [0, 0.05) is 37.6 Å². The number of nitrogens with one attached hydrogen (secondary N) is 1. The van der Waals surface area contributed by atoms with Crippen LogP contribution in [0.25, 0.3) is 0 Å². The lowest BCUT2D eigenvalue weighted by Crippen LogP contribution is -2.50. The highest BCUT2D eigenvalue weighted by molar-refractivity contribution is 7.98. The van der Waals surface area contributed by atoms with Crippen LogP contribution in [0.3, 0.4) is 0 Å². The third-order valence-corrected chi connectivity index (χ3v) is 7.72. The highest BCUT2D eigenvalue weighted by atomic mass is 32.2. The molecule has 1 heterocycles. The number of sulfonamides is 1. The number of amides is 1. The molecule has 0 aromatic heterocycles. The van der Waals surface area contributed by atoms with Gasteiger partial charge >= 0.3 is 0 Å². The maximum absolute atomic E-state index is 12.7. The van der Waals surface area contributed by atoms with E-state index in [1.807, 2.05) is 42.7 Å². The number of methoxy groups -OCH3 is 1. The van der Waals surface area contributed by atoms with Crippen LogP contribution in [0.1, 0.15) is 10.4 Å². The predicted octanol–water partition coefficient (Wildman–Crippen LogP) is 2.30. The number of ether oxygens (including phenoxy) is 1. The number of nitrogens with zero attached hydrogens (tertiary/aromatic N) is 2. The number of rotatable bonds is 8. The van der Waals surface area contributed by atoms with E-state index in [2.05, 4.69) is 10.2 Å². The molecule has 7 nitrogen and oxygen atoms in total. The third-order valence-electron chi connectivity index (χ3n) is 5.06. The number of anilines is 1. The van der Waals surface area contributed by atoms with Crippen molar-refractivity contribution in [1.82, 2.24) is 9.62 Å². The minimum absolute atomic E-state index is 0.0800. The molecule has 30 heavy (non-hydrogen) atoms. The average Bonchev–Trinajstić information content (AvgIpc) is 2.78. The molecular weight excluding hydrogens is 422 g/mol. The predicted molar refractivity (Wildman–Crippen MR) is 121 cm³/mol. The summed E-state index contributed by atoms with van der Waals surface area (Å²) in [6.45, 7) is 2.07. The van der Waals surface area contributed by atoms with E-state index >= 15 is 0 Å². The molecule has 1 fully saturated rings. The highest BCUT2D eigenvalue weighted by Crippen LogP contribution is 2.28. The fraction of sp³-hybridized carbons (Fsp3) is 0.381. The quantitative estimate of drug-likeness (QED) is 0.623. The molecular formula is C21H27N3O4S2. The van der Waals surface area contributed by atoms with E-state index in [1.165, 1.54) is 16.1 Å². The van der Waals surface area contributed by atoms with Crippen LogP contribution < -0.4 is 15.0 Å². The summed E-state index contributed by atoms with van der Waals surface area (Å²) in [6, 6.07) is 15.0. The van der Waals surface area contributed by atoms with Crippen LogP contribution in [0.15, 0.2) is 53.4 Å². The number of thioether (sulfide) groups is 1. The Bertz CT molecular complexity index is 974. The lowest BCUT2D eigenvalue weighted by molar-refractivity contribution is 0.0953. The van der Waals surface area contributed by atoms with Crippen LogP contribution in [-0.2, 0) is 10.0 Å². The Hall–Kier alpha value is -2.23. The van der Waals surface area contributed by atoms with Crippen molar-refractivity contribution in [2.75, 3.05) is 56.7 Å². The largest absolute Gasteiger partial charge is 0.495 e. The molecule has 1 saturated heterocycles. The van der Waals surface area contributed by atoms with Gasteiger partial charge in [-0.2, -0.15) is 4.31 Å².